The van der Waals surface area contributed by atoms with Gasteiger partial charge in [0.1, 0.15) is 5.60 Å². The van der Waals surface area contributed by atoms with Crippen molar-refractivity contribution in [1.82, 2.24) is 0 Å². The third kappa shape index (κ3) is 6.94. The number of rotatable bonds is 5. The van der Waals surface area contributed by atoms with Gasteiger partial charge in [-0.3, -0.25) is 4.79 Å². The van der Waals surface area contributed by atoms with Crippen molar-refractivity contribution in [2.45, 2.75) is 39.2 Å². The lowest BCUT2D eigenvalue weighted by Gasteiger charge is -2.23. The lowest BCUT2D eigenvalue weighted by atomic mass is 9.96. The first-order valence-corrected chi connectivity index (χ1v) is 6.39. The molecule has 0 spiro atoms. The van der Waals surface area contributed by atoms with Gasteiger partial charge >= 0.3 is 5.97 Å². The van der Waals surface area contributed by atoms with Crippen LogP contribution in [-0.4, -0.2) is 23.6 Å². The Morgan fingerprint density at radius 1 is 1.26 bits per heavy atom. The topological polar surface area (TPSA) is 83.8 Å². The Kier molecular flexibility index (Phi) is 7.34. The molecule has 1 atom stereocenters. The molecule has 0 fully saturated rings. The molecule has 4 nitrogen and oxygen atoms in total. The number of hydrogen-bond donors (Lipinski definition) is 1. The fourth-order valence-corrected chi connectivity index (χ4v) is 1.79. The second-order valence-corrected chi connectivity index (χ2v) is 5.50. The molecule has 108 valence electrons. The molecule has 0 radical (unpaired) electrons. The maximum absolute atomic E-state index is 12.1. The Balaban J connectivity index is 0.00000324. The van der Waals surface area contributed by atoms with Gasteiger partial charge in [0.2, 0.25) is 0 Å². The maximum Gasteiger partial charge on any atom is 0.309 e. The van der Waals surface area contributed by atoms with Crippen LogP contribution in [0.3, 0.4) is 0 Å². The molecule has 0 heterocycles. The van der Waals surface area contributed by atoms with Gasteiger partial charge < -0.3 is 15.9 Å². The summed E-state index contributed by atoms with van der Waals surface area (Å²) in [5.41, 5.74) is 6.27. The molecule has 1 rings (SSSR count). The van der Waals surface area contributed by atoms with E-state index in [-0.39, 0.29) is 17.4 Å². The van der Waals surface area contributed by atoms with E-state index in [1.165, 1.54) is 0 Å². The quantitative estimate of drug-likeness (QED) is 0.824. The van der Waals surface area contributed by atoms with Crippen LogP contribution in [0.5, 0.6) is 0 Å². The zero-order chi connectivity index (χ0) is 13.6. The van der Waals surface area contributed by atoms with E-state index in [2.05, 4.69) is 0 Å². The minimum atomic E-state index is -0.444. The molecule has 0 aromatic heterocycles. The number of benzene rings is 1. The number of carbonyl (C=O) groups is 1. The summed E-state index contributed by atoms with van der Waals surface area (Å²) in [5.74, 6) is -0.312. The van der Waals surface area contributed by atoms with Crippen LogP contribution >= 0.6 is 0 Å². The second kappa shape index (κ2) is 7.92. The van der Waals surface area contributed by atoms with Crippen LogP contribution in [0, 0.1) is 5.92 Å². The summed E-state index contributed by atoms with van der Waals surface area (Å²) >= 11 is 0. The van der Waals surface area contributed by atoms with Crippen LogP contribution in [-0.2, 0) is 16.0 Å². The van der Waals surface area contributed by atoms with Gasteiger partial charge in [0.15, 0.2) is 0 Å². The average molecular weight is 267 g/mol. The van der Waals surface area contributed by atoms with Gasteiger partial charge in [-0.15, -0.1) is 0 Å². The predicted octanol–water partition coefficient (Wildman–Crippen LogP) is 1.71. The average Bonchev–Trinajstić information content (AvgIpc) is 2.27. The van der Waals surface area contributed by atoms with E-state index in [0.717, 1.165) is 5.56 Å². The highest BCUT2D eigenvalue weighted by Crippen LogP contribution is 2.17. The summed E-state index contributed by atoms with van der Waals surface area (Å²) in [7, 11) is 0. The van der Waals surface area contributed by atoms with E-state index in [4.69, 9.17) is 10.5 Å². The third-order valence-electron chi connectivity index (χ3n) is 2.58. The highest BCUT2D eigenvalue weighted by Gasteiger charge is 2.24. The van der Waals surface area contributed by atoms with Crippen molar-refractivity contribution in [3.8, 4) is 0 Å². The Morgan fingerprint density at radius 2 is 1.84 bits per heavy atom. The molecule has 0 saturated carbocycles. The van der Waals surface area contributed by atoms with Crippen LogP contribution < -0.4 is 5.73 Å². The molecule has 19 heavy (non-hydrogen) atoms. The standard InChI is InChI=1S/C15H23NO2.H2O/c1-15(2,3)18-14(17)13(9-10-16)11-12-7-5-4-6-8-12;/h4-8,13H,9-11,16H2,1-3H3;1H2. The lowest BCUT2D eigenvalue weighted by molar-refractivity contribution is -0.160. The van der Waals surface area contributed by atoms with Gasteiger partial charge in [0, 0.05) is 0 Å². The molecule has 4 N–H and O–H groups in total. The molecule has 0 aliphatic heterocycles. The lowest BCUT2D eigenvalue weighted by Crippen LogP contribution is -2.31. The van der Waals surface area contributed by atoms with Gasteiger partial charge in [0.25, 0.3) is 0 Å². The fourth-order valence-electron chi connectivity index (χ4n) is 1.79. The summed E-state index contributed by atoms with van der Waals surface area (Å²) in [5, 5.41) is 0. The van der Waals surface area contributed by atoms with E-state index in [1.807, 2.05) is 51.1 Å². The first kappa shape index (κ1) is 17.6. The van der Waals surface area contributed by atoms with E-state index < -0.39 is 5.60 Å². The highest BCUT2D eigenvalue weighted by atomic mass is 16.6. The molecule has 0 bridgehead atoms. The summed E-state index contributed by atoms with van der Waals surface area (Å²) in [6.45, 7) is 6.14. The van der Waals surface area contributed by atoms with Crippen LogP contribution in [0.4, 0.5) is 0 Å². The number of ether oxygens (including phenoxy) is 1. The second-order valence-electron chi connectivity index (χ2n) is 5.50. The normalized spacial score (nSPS) is 12.4. The first-order valence-electron chi connectivity index (χ1n) is 6.39. The van der Waals surface area contributed by atoms with E-state index >= 15 is 0 Å². The Labute approximate surface area is 115 Å². The van der Waals surface area contributed by atoms with E-state index in [0.29, 0.717) is 19.4 Å². The van der Waals surface area contributed by atoms with Crippen LogP contribution in [0.1, 0.15) is 32.8 Å². The number of nitrogens with two attached hydrogens (primary N) is 1. The molecular weight excluding hydrogens is 242 g/mol. The SMILES string of the molecule is CC(C)(C)OC(=O)C(CCN)Cc1ccccc1.O. The van der Waals surface area contributed by atoms with Crippen molar-refractivity contribution in [2.75, 3.05) is 6.54 Å². The zero-order valence-corrected chi connectivity index (χ0v) is 12.0. The Morgan fingerprint density at radius 3 is 2.32 bits per heavy atom. The Hall–Kier alpha value is -1.39. The molecular formula is C15H25NO3. The molecule has 0 saturated heterocycles. The molecule has 0 aliphatic carbocycles. The summed E-state index contributed by atoms with van der Waals surface area (Å²) < 4.78 is 5.43. The molecule has 1 aromatic carbocycles. The molecule has 0 aliphatic rings. The van der Waals surface area contributed by atoms with Gasteiger partial charge in [-0.25, -0.2) is 0 Å². The van der Waals surface area contributed by atoms with Crippen molar-refractivity contribution in [3.05, 3.63) is 35.9 Å². The van der Waals surface area contributed by atoms with Crippen molar-refractivity contribution in [2.24, 2.45) is 11.7 Å². The molecule has 1 aromatic rings. The number of esters is 1. The first-order chi connectivity index (χ1) is 8.42. The highest BCUT2D eigenvalue weighted by molar-refractivity contribution is 5.73. The van der Waals surface area contributed by atoms with Crippen molar-refractivity contribution < 1.29 is 15.0 Å². The minimum absolute atomic E-state index is 0. The number of hydrogen-bond acceptors (Lipinski definition) is 3. The van der Waals surface area contributed by atoms with Crippen LogP contribution in [0.15, 0.2) is 30.3 Å². The van der Waals surface area contributed by atoms with Crippen LogP contribution in [0.25, 0.3) is 0 Å². The molecule has 4 heteroatoms. The van der Waals surface area contributed by atoms with Crippen molar-refractivity contribution >= 4 is 5.97 Å². The molecule has 0 amide bonds. The van der Waals surface area contributed by atoms with E-state index in [9.17, 15) is 4.79 Å². The third-order valence-corrected chi connectivity index (χ3v) is 2.58. The Bertz CT molecular complexity index is 371. The minimum Gasteiger partial charge on any atom is -0.460 e. The van der Waals surface area contributed by atoms with Gasteiger partial charge in [-0.1, -0.05) is 30.3 Å². The zero-order valence-electron chi connectivity index (χ0n) is 12.0. The monoisotopic (exact) mass is 267 g/mol. The number of carbonyl (C=O) groups excluding carboxylic acids is 1. The maximum atomic E-state index is 12.1. The smallest absolute Gasteiger partial charge is 0.309 e. The fraction of sp³-hybridized carbons (Fsp3) is 0.533. The van der Waals surface area contributed by atoms with E-state index in [1.54, 1.807) is 0 Å². The summed E-state index contributed by atoms with van der Waals surface area (Å²) in [6, 6.07) is 9.96. The summed E-state index contributed by atoms with van der Waals surface area (Å²) in [4.78, 5) is 12.1. The molecule has 1 unspecified atom stereocenters. The van der Waals surface area contributed by atoms with Gasteiger partial charge in [-0.2, -0.15) is 0 Å². The van der Waals surface area contributed by atoms with Crippen LogP contribution in [0.2, 0.25) is 0 Å². The summed E-state index contributed by atoms with van der Waals surface area (Å²) in [6.07, 6.45) is 1.34. The van der Waals surface area contributed by atoms with Crippen molar-refractivity contribution in [3.63, 3.8) is 0 Å². The predicted molar refractivity (Wildman–Crippen MR) is 76.8 cm³/mol. The van der Waals surface area contributed by atoms with Gasteiger partial charge in [0.05, 0.1) is 5.92 Å². The largest absolute Gasteiger partial charge is 0.460 e. The van der Waals surface area contributed by atoms with Gasteiger partial charge in [-0.05, 0) is 45.7 Å². The van der Waals surface area contributed by atoms with Crippen molar-refractivity contribution in [1.29, 1.82) is 0 Å².